The van der Waals surface area contributed by atoms with E-state index in [2.05, 4.69) is 26.1 Å². The first-order valence-corrected chi connectivity index (χ1v) is 11.1. The molecule has 6 rings (SSSR count). The van der Waals surface area contributed by atoms with Gasteiger partial charge in [-0.15, -0.1) is 0 Å². The third-order valence-electron chi connectivity index (χ3n) is 7.21. The number of fused-ring (bicyclic) bond motifs is 7. The summed E-state index contributed by atoms with van der Waals surface area (Å²) in [4.78, 5) is 44.4. The van der Waals surface area contributed by atoms with Gasteiger partial charge in [-0.2, -0.15) is 0 Å². The molecule has 1 spiro atoms. The molecule has 0 radical (unpaired) electrons. The van der Waals surface area contributed by atoms with Gasteiger partial charge in [0.25, 0.3) is 0 Å². The third-order valence-corrected chi connectivity index (χ3v) is 7.71. The average Bonchev–Trinajstić information content (AvgIpc) is 3.40. The van der Waals surface area contributed by atoms with E-state index in [1.807, 2.05) is 37.3 Å². The van der Waals surface area contributed by atoms with Gasteiger partial charge in [0, 0.05) is 21.8 Å². The first-order chi connectivity index (χ1) is 14.4. The number of nitrogens with one attached hydrogen (secondary N) is 1. The number of anilines is 2. The van der Waals surface area contributed by atoms with Crippen LogP contribution in [0.5, 0.6) is 0 Å². The number of benzene rings is 2. The molecule has 3 amide bonds. The zero-order valence-corrected chi connectivity index (χ0v) is 18.0. The van der Waals surface area contributed by atoms with Crippen LogP contribution in [0.25, 0.3) is 0 Å². The van der Waals surface area contributed by atoms with Crippen molar-refractivity contribution in [1.82, 2.24) is 4.90 Å². The fraction of sp³-hybridized carbons (Fsp3) is 0.348. The van der Waals surface area contributed by atoms with Crippen LogP contribution in [0.15, 0.2) is 46.9 Å². The number of amides is 3. The zero-order valence-electron chi connectivity index (χ0n) is 16.4. The monoisotopic (exact) mass is 465 g/mol. The van der Waals surface area contributed by atoms with E-state index >= 15 is 0 Å². The van der Waals surface area contributed by atoms with Gasteiger partial charge in [-0.3, -0.25) is 19.3 Å². The minimum absolute atomic E-state index is 0.0965. The van der Waals surface area contributed by atoms with E-state index in [1.54, 1.807) is 12.1 Å². The number of imide groups is 1. The van der Waals surface area contributed by atoms with Crippen LogP contribution in [0, 0.1) is 18.8 Å². The van der Waals surface area contributed by atoms with Crippen molar-refractivity contribution >= 4 is 45.0 Å². The standard InChI is InChI=1S/C23H20BrN3O3/c1-12-7-8-16-15(10-12)23(22(30)25-16)19-18(17-6-3-9-26(17)23)20(28)27(21(19)29)14-5-2-4-13(24)11-14/h2,4-5,7-8,10-11,17-19H,3,6,9H2,1H3,(H,25,30)/t17-,18+,19-,23+/m0/s1. The molecule has 1 N–H and O–H groups in total. The number of rotatable bonds is 1. The SMILES string of the molecule is Cc1ccc2c(c1)[C@]1(C(=O)N2)[C@@H]2C(=O)N(c3cccc(Br)c3)C(=O)[C@@H]2[C@@H]2CCCN21. The Morgan fingerprint density at radius 2 is 1.93 bits per heavy atom. The van der Waals surface area contributed by atoms with Gasteiger partial charge in [-0.1, -0.05) is 39.7 Å². The Morgan fingerprint density at radius 3 is 2.73 bits per heavy atom. The molecule has 3 saturated heterocycles. The summed E-state index contributed by atoms with van der Waals surface area (Å²) in [6.45, 7) is 2.70. The Labute approximate surface area is 182 Å². The highest BCUT2D eigenvalue weighted by atomic mass is 79.9. The highest BCUT2D eigenvalue weighted by Crippen LogP contribution is 2.60. The molecule has 7 heteroatoms. The molecule has 0 unspecified atom stereocenters. The number of carbonyl (C=O) groups is 3. The third kappa shape index (κ3) is 2.04. The van der Waals surface area contributed by atoms with Gasteiger partial charge in [0.15, 0.2) is 0 Å². The van der Waals surface area contributed by atoms with Crippen LogP contribution in [0.4, 0.5) is 11.4 Å². The summed E-state index contributed by atoms with van der Waals surface area (Å²) in [7, 11) is 0. The number of hydrogen-bond donors (Lipinski definition) is 1. The van der Waals surface area contributed by atoms with Gasteiger partial charge >= 0.3 is 0 Å². The zero-order chi connectivity index (χ0) is 20.8. The van der Waals surface area contributed by atoms with Gasteiger partial charge in [0.2, 0.25) is 17.7 Å². The molecule has 0 saturated carbocycles. The summed E-state index contributed by atoms with van der Waals surface area (Å²) in [5.74, 6) is -1.86. The Hall–Kier alpha value is -2.51. The summed E-state index contributed by atoms with van der Waals surface area (Å²) in [5, 5.41) is 3.01. The van der Waals surface area contributed by atoms with Gasteiger partial charge in [-0.05, 0) is 50.6 Å². The Balaban J connectivity index is 1.57. The quantitative estimate of drug-likeness (QED) is 0.656. The fourth-order valence-electron chi connectivity index (χ4n) is 6.19. The molecule has 4 aliphatic heterocycles. The Bertz CT molecular complexity index is 1150. The number of hydrogen-bond acceptors (Lipinski definition) is 4. The van der Waals surface area contributed by atoms with Gasteiger partial charge in [0.05, 0.1) is 17.5 Å². The molecular formula is C23H20BrN3O3. The lowest BCUT2D eigenvalue weighted by Crippen LogP contribution is -2.54. The highest BCUT2D eigenvalue weighted by molar-refractivity contribution is 9.10. The van der Waals surface area contributed by atoms with Gasteiger partial charge in [0.1, 0.15) is 5.54 Å². The lowest BCUT2D eigenvalue weighted by atomic mass is 9.75. The summed E-state index contributed by atoms with van der Waals surface area (Å²) in [6, 6.07) is 13.0. The molecule has 3 fully saturated rings. The first kappa shape index (κ1) is 18.3. The molecule has 4 aliphatic rings. The van der Waals surface area contributed by atoms with Crippen molar-refractivity contribution in [3.8, 4) is 0 Å². The van der Waals surface area contributed by atoms with Crippen LogP contribution in [0.1, 0.15) is 24.0 Å². The topological polar surface area (TPSA) is 69.7 Å². The van der Waals surface area contributed by atoms with Crippen LogP contribution in [0.3, 0.4) is 0 Å². The predicted molar refractivity (Wildman–Crippen MR) is 115 cm³/mol. The second kappa shape index (κ2) is 6.02. The van der Waals surface area contributed by atoms with E-state index in [9.17, 15) is 14.4 Å². The predicted octanol–water partition coefficient (Wildman–Crippen LogP) is 3.19. The molecule has 0 aromatic heterocycles. The average molecular weight is 466 g/mol. The van der Waals surface area contributed by atoms with E-state index in [4.69, 9.17) is 0 Å². The summed E-state index contributed by atoms with van der Waals surface area (Å²) in [6.07, 6.45) is 1.74. The van der Waals surface area contributed by atoms with Crippen molar-refractivity contribution in [3.63, 3.8) is 0 Å². The minimum Gasteiger partial charge on any atom is -0.324 e. The smallest absolute Gasteiger partial charge is 0.250 e. The molecule has 30 heavy (non-hydrogen) atoms. The molecule has 2 aromatic rings. The lowest BCUT2D eigenvalue weighted by Gasteiger charge is -2.36. The summed E-state index contributed by atoms with van der Waals surface area (Å²) in [5.41, 5.74) is 2.06. The largest absolute Gasteiger partial charge is 0.324 e. The number of nitrogens with zero attached hydrogens (tertiary/aromatic N) is 2. The highest BCUT2D eigenvalue weighted by Gasteiger charge is 2.74. The number of halogens is 1. The van der Waals surface area contributed by atoms with Crippen molar-refractivity contribution in [2.45, 2.75) is 31.3 Å². The van der Waals surface area contributed by atoms with Crippen molar-refractivity contribution < 1.29 is 14.4 Å². The maximum atomic E-state index is 13.8. The maximum absolute atomic E-state index is 13.8. The summed E-state index contributed by atoms with van der Waals surface area (Å²) >= 11 is 3.43. The second-order valence-corrected chi connectivity index (χ2v) is 9.58. The van der Waals surface area contributed by atoms with Crippen molar-refractivity contribution in [2.75, 3.05) is 16.8 Å². The molecular weight excluding hydrogens is 446 g/mol. The maximum Gasteiger partial charge on any atom is 0.250 e. The van der Waals surface area contributed by atoms with E-state index in [-0.39, 0.29) is 23.8 Å². The normalized spacial score (nSPS) is 32.0. The second-order valence-electron chi connectivity index (χ2n) is 8.67. The Kier molecular flexibility index (Phi) is 3.66. The molecule has 2 aromatic carbocycles. The van der Waals surface area contributed by atoms with E-state index in [0.29, 0.717) is 5.69 Å². The van der Waals surface area contributed by atoms with Gasteiger partial charge in [-0.25, -0.2) is 4.90 Å². The molecule has 4 atom stereocenters. The van der Waals surface area contributed by atoms with Crippen LogP contribution < -0.4 is 10.2 Å². The molecule has 6 nitrogen and oxygen atoms in total. The van der Waals surface area contributed by atoms with Crippen molar-refractivity contribution in [2.24, 2.45) is 11.8 Å². The first-order valence-electron chi connectivity index (χ1n) is 10.3. The lowest BCUT2D eigenvalue weighted by molar-refractivity contribution is -0.135. The number of carbonyl (C=O) groups excluding carboxylic acids is 3. The molecule has 0 bridgehead atoms. The minimum atomic E-state index is -1.11. The van der Waals surface area contributed by atoms with Crippen LogP contribution in [-0.2, 0) is 19.9 Å². The number of aryl methyl sites for hydroxylation is 1. The Morgan fingerprint density at radius 1 is 1.10 bits per heavy atom. The molecule has 0 aliphatic carbocycles. The molecule has 152 valence electrons. The molecule has 4 heterocycles. The van der Waals surface area contributed by atoms with Gasteiger partial charge < -0.3 is 5.32 Å². The van der Waals surface area contributed by atoms with Crippen LogP contribution in [-0.4, -0.2) is 35.2 Å². The van der Waals surface area contributed by atoms with Crippen molar-refractivity contribution in [3.05, 3.63) is 58.1 Å². The van der Waals surface area contributed by atoms with E-state index in [0.717, 1.165) is 40.7 Å². The van der Waals surface area contributed by atoms with E-state index < -0.39 is 17.4 Å². The van der Waals surface area contributed by atoms with Crippen LogP contribution >= 0.6 is 15.9 Å². The van der Waals surface area contributed by atoms with Crippen molar-refractivity contribution in [1.29, 1.82) is 0 Å². The summed E-state index contributed by atoms with van der Waals surface area (Å²) < 4.78 is 0.800. The van der Waals surface area contributed by atoms with Crippen LogP contribution in [0.2, 0.25) is 0 Å². The fourth-order valence-corrected chi connectivity index (χ4v) is 6.57. The van der Waals surface area contributed by atoms with E-state index in [1.165, 1.54) is 4.90 Å².